The van der Waals surface area contributed by atoms with Crippen LogP contribution in [0, 0.1) is 0 Å². The molecule has 28 heavy (non-hydrogen) atoms. The minimum atomic E-state index is -0.316. The van der Waals surface area contributed by atoms with Crippen LogP contribution in [0.2, 0.25) is 0 Å². The molecular formula is C23H45N3O2. The van der Waals surface area contributed by atoms with Gasteiger partial charge in [-0.2, -0.15) is 0 Å². The monoisotopic (exact) mass is 395 g/mol. The highest BCUT2D eigenvalue weighted by atomic mass is 16.2. The number of unbranched alkanes of at least 4 members (excludes halogenated alkanes) is 10. The summed E-state index contributed by atoms with van der Waals surface area (Å²) in [6.45, 7) is 5.07. The van der Waals surface area contributed by atoms with Crippen LogP contribution in [0.25, 0.3) is 0 Å². The van der Waals surface area contributed by atoms with Gasteiger partial charge >= 0.3 is 0 Å². The molecule has 1 aliphatic rings. The minimum Gasteiger partial charge on any atom is -0.339 e. The van der Waals surface area contributed by atoms with Gasteiger partial charge in [0.25, 0.3) is 0 Å². The number of nitrogens with two attached hydrogens (primary N) is 1. The van der Waals surface area contributed by atoms with Gasteiger partial charge in [0.2, 0.25) is 11.8 Å². The fraction of sp³-hybridized carbons (Fsp3) is 0.913. The van der Waals surface area contributed by atoms with E-state index in [0.29, 0.717) is 13.0 Å². The average molecular weight is 396 g/mol. The molecule has 0 radical (unpaired) electrons. The van der Waals surface area contributed by atoms with E-state index in [2.05, 4.69) is 19.2 Å². The van der Waals surface area contributed by atoms with E-state index in [1.807, 2.05) is 0 Å². The lowest BCUT2D eigenvalue weighted by Gasteiger charge is -2.25. The SMILES string of the molecule is CCCCCCCCCCCCC(=O)N1CCCC1C(=O)N[C@H](N)CCCC. The molecule has 1 saturated heterocycles. The Morgan fingerprint density at radius 1 is 0.929 bits per heavy atom. The van der Waals surface area contributed by atoms with Crippen molar-refractivity contribution in [3.8, 4) is 0 Å². The van der Waals surface area contributed by atoms with E-state index in [0.717, 1.165) is 44.9 Å². The van der Waals surface area contributed by atoms with Gasteiger partial charge in [0.1, 0.15) is 6.04 Å². The second-order valence-electron chi connectivity index (χ2n) is 8.43. The van der Waals surface area contributed by atoms with Gasteiger partial charge in [-0.3, -0.25) is 9.59 Å². The summed E-state index contributed by atoms with van der Waals surface area (Å²) in [6.07, 6.45) is 17.5. The number of hydrogen-bond donors (Lipinski definition) is 2. The van der Waals surface area contributed by atoms with Crippen LogP contribution in [0.4, 0.5) is 0 Å². The van der Waals surface area contributed by atoms with Crippen LogP contribution in [0.15, 0.2) is 0 Å². The number of nitrogens with zero attached hydrogens (tertiary/aromatic N) is 1. The lowest BCUT2D eigenvalue weighted by atomic mass is 10.1. The van der Waals surface area contributed by atoms with Crippen molar-refractivity contribution in [3.63, 3.8) is 0 Å². The normalized spacial score (nSPS) is 17.7. The largest absolute Gasteiger partial charge is 0.339 e. The van der Waals surface area contributed by atoms with Crippen LogP contribution < -0.4 is 11.1 Å². The topological polar surface area (TPSA) is 75.4 Å². The van der Waals surface area contributed by atoms with Gasteiger partial charge in [-0.1, -0.05) is 84.5 Å². The lowest BCUT2D eigenvalue weighted by molar-refractivity contribution is -0.138. The number of rotatable bonds is 16. The number of carbonyl (C=O) groups is 2. The van der Waals surface area contributed by atoms with E-state index in [-0.39, 0.29) is 24.0 Å². The molecule has 0 saturated carbocycles. The van der Waals surface area contributed by atoms with Crippen molar-refractivity contribution in [2.45, 2.75) is 129 Å². The highest BCUT2D eigenvalue weighted by Gasteiger charge is 2.33. The van der Waals surface area contributed by atoms with E-state index in [1.54, 1.807) is 4.90 Å². The summed E-state index contributed by atoms with van der Waals surface area (Å²) in [7, 11) is 0. The molecule has 2 amide bonds. The fourth-order valence-electron chi connectivity index (χ4n) is 4.02. The van der Waals surface area contributed by atoms with Gasteiger partial charge in [0, 0.05) is 13.0 Å². The van der Waals surface area contributed by atoms with Crippen molar-refractivity contribution in [1.29, 1.82) is 0 Å². The van der Waals surface area contributed by atoms with Crippen LogP contribution in [0.1, 0.15) is 117 Å². The molecule has 1 rings (SSSR count). The number of carbonyl (C=O) groups excluding carboxylic acids is 2. The summed E-state index contributed by atoms with van der Waals surface area (Å²) in [5.74, 6) is 0.0665. The summed E-state index contributed by atoms with van der Waals surface area (Å²) in [6, 6.07) is -0.316. The quantitative estimate of drug-likeness (QED) is 0.289. The minimum absolute atomic E-state index is 0.0717. The predicted molar refractivity (Wildman–Crippen MR) is 117 cm³/mol. The molecule has 164 valence electrons. The maximum atomic E-state index is 12.6. The number of hydrogen-bond acceptors (Lipinski definition) is 3. The van der Waals surface area contributed by atoms with Crippen LogP contribution in [0.5, 0.6) is 0 Å². The third kappa shape index (κ3) is 10.4. The summed E-state index contributed by atoms with van der Waals surface area (Å²) in [4.78, 5) is 26.8. The van der Waals surface area contributed by atoms with Gasteiger partial charge in [-0.05, 0) is 25.7 Å². The Kier molecular flexibility index (Phi) is 14.1. The zero-order valence-electron chi connectivity index (χ0n) is 18.5. The maximum absolute atomic E-state index is 12.6. The summed E-state index contributed by atoms with van der Waals surface area (Å²) < 4.78 is 0. The Balaban J connectivity index is 2.16. The van der Waals surface area contributed by atoms with E-state index in [4.69, 9.17) is 5.73 Å². The molecule has 0 aromatic rings. The first-order valence-corrected chi connectivity index (χ1v) is 12.0. The smallest absolute Gasteiger partial charge is 0.244 e. The van der Waals surface area contributed by atoms with E-state index in [1.165, 1.54) is 51.4 Å². The highest BCUT2D eigenvalue weighted by Crippen LogP contribution is 2.20. The summed E-state index contributed by atoms with van der Waals surface area (Å²) >= 11 is 0. The molecule has 3 N–H and O–H groups in total. The van der Waals surface area contributed by atoms with Crippen molar-refractivity contribution in [2.24, 2.45) is 5.73 Å². The molecule has 0 bridgehead atoms. The third-order valence-electron chi connectivity index (χ3n) is 5.82. The Hall–Kier alpha value is -1.10. The van der Waals surface area contributed by atoms with E-state index < -0.39 is 0 Å². The van der Waals surface area contributed by atoms with Gasteiger partial charge in [0.15, 0.2) is 0 Å². The molecule has 1 unspecified atom stereocenters. The second kappa shape index (κ2) is 15.8. The second-order valence-corrected chi connectivity index (χ2v) is 8.43. The molecule has 1 fully saturated rings. The Morgan fingerprint density at radius 3 is 2.11 bits per heavy atom. The summed E-state index contributed by atoms with van der Waals surface area (Å²) in [5, 5.41) is 2.90. The van der Waals surface area contributed by atoms with Crippen molar-refractivity contribution in [3.05, 3.63) is 0 Å². The van der Waals surface area contributed by atoms with Crippen molar-refractivity contribution < 1.29 is 9.59 Å². The standard InChI is InChI=1S/C23H45N3O2/c1-3-5-7-8-9-10-11-12-13-14-18-22(27)26-19-15-16-20(26)23(28)25-21(24)17-6-4-2/h20-21H,3-19,24H2,1-2H3,(H,25,28)/t20?,21-/m0/s1. The zero-order valence-corrected chi connectivity index (χ0v) is 18.5. The van der Waals surface area contributed by atoms with E-state index in [9.17, 15) is 9.59 Å². The molecule has 0 aromatic heterocycles. The van der Waals surface area contributed by atoms with Crippen LogP contribution in [-0.2, 0) is 9.59 Å². The van der Waals surface area contributed by atoms with Gasteiger partial charge < -0.3 is 16.0 Å². The highest BCUT2D eigenvalue weighted by molar-refractivity contribution is 5.88. The van der Waals surface area contributed by atoms with Crippen molar-refractivity contribution in [2.75, 3.05) is 6.54 Å². The molecule has 5 heteroatoms. The number of nitrogens with one attached hydrogen (secondary N) is 1. The Labute approximate surface area is 173 Å². The molecule has 0 aliphatic carbocycles. The zero-order chi connectivity index (χ0) is 20.6. The van der Waals surface area contributed by atoms with Crippen LogP contribution in [-0.4, -0.2) is 35.5 Å². The Morgan fingerprint density at radius 2 is 1.50 bits per heavy atom. The lowest BCUT2D eigenvalue weighted by Crippen LogP contribution is -2.51. The molecule has 1 heterocycles. The molecule has 2 atom stereocenters. The van der Waals surface area contributed by atoms with Crippen molar-refractivity contribution in [1.82, 2.24) is 10.2 Å². The number of amides is 2. The fourth-order valence-corrected chi connectivity index (χ4v) is 4.02. The maximum Gasteiger partial charge on any atom is 0.244 e. The first-order chi connectivity index (χ1) is 13.6. The third-order valence-corrected chi connectivity index (χ3v) is 5.82. The first-order valence-electron chi connectivity index (χ1n) is 12.0. The van der Waals surface area contributed by atoms with Crippen molar-refractivity contribution >= 4 is 11.8 Å². The van der Waals surface area contributed by atoms with Gasteiger partial charge in [0.05, 0.1) is 6.17 Å². The van der Waals surface area contributed by atoms with Gasteiger partial charge in [-0.25, -0.2) is 0 Å². The van der Waals surface area contributed by atoms with Crippen LogP contribution in [0.3, 0.4) is 0 Å². The van der Waals surface area contributed by atoms with Gasteiger partial charge in [-0.15, -0.1) is 0 Å². The molecule has 0 aromatic carbocycles. The molecule has 5 nitrogen and oxygen atoms in total. The molecule has 0 spiro atoms. The predicted octanol–water partition coefficient (Wildman–Crippen LogP) is 4.88. The first kappa shape index (κ1) is 24.9. The number of likely N-dealkylation sites (tertiary alicyclic amines) is 1. The summed E-state index contributed by atoms with van der Waals surface area (Å²) in [5.41, 5.74) is 5.99. The average Bonchev–Trinajstić information content (AvgIpc) is 3.17. The molecular weight excluding hydrogens is 350 g/mol. The van der Waals surface area contributed by atoms with E-state index >= 15 is 0 Å². The van der Waals surface area contributed by atoms with Crippen LogP contribution >= 0.6 is 0 Å². The molecule has 1 aliphatic heterocycles. The Bertz CT molecular complexity index is 428.